The summed E-state index contributed by atoms with van der Waals surface area (Å²) in [5, 5.41) is 2.66. The first-order valence-corrected chi connectivity index (χ1v) is 5.59. The highest BCUT2D eigenvalue weighted by molar-refractivity contribution is 5.82. The largest absolute Gasteiger partial charge is 0.358 e. The second kappa shape index (κ2) is 7.88. The molecule has 0 bridgehead atoms. The van der Waals surface area contributed by atoms with E-state index in [4.69, 9.17) is 0 Å². The molecule has 0 aliphatic carbocycles. The molecule has 0 aliphatic rings. The maximum absolute atomic E-state index is 11.6. The number of rotatable bonds is 3. The van der Waals surface area contributed by atoms with Crippen LogP contribution in [0.5, 0.6) is 0 Å². The van der Waals surface area contributed by atoms with Crippen molar-refractivity contribution in [2.75, 3.05) is 21.1 Å². The number of nitrogens with one attached hydrogen (secondary N) is 1. The second-order valence-corrected chi connectivity index (χ2v) is 3.39. The van der Waals surface area contributed by atoms with Crippen LogP contribution in [-0.4, -0.2) is 32.0 Å². The predicted octanol–water partition coefficient (Wildman–Crippen LogP) is 2.06. The van der Waals surface area contributed by atoms with Crippen LogP contribution < -0.4 is 5.32 Å². The summed E-state index contributed by atoms with van der Waals surface area (Å²) >= 11 is 0. The summed E-state index contributed by atoms with van der Waals surface area (Å²) in [5.41, 5.74) is 1.01. The Morgan fingerprint density at radius 3 is 2.06 bits per heavy atom. The maximum Gasteiger partial charge on any atom is 0.241 e. The van der Waals surface area contributed by atoms with Gasteiger partial charge >= 0.3 is 0 Å². The molecule has 0 aromatic heterocycles. The van der Waals surface area contributed by atoms with E-state index in [-0.39, 0.29) is 11.9 Å². The van der Waals surface area contributed by atoms with Crippen LogP contribution in [0.25, 0.3) is 0 Å². The molecule has 0 heterocycles. The molecule has 90 valence electrons. The number of hydrogen-bond acceptors (Lipinski definition) is 2. The molecule has 0 saturated carbocycles. The lowest BCUT2D eigenvalue weighted by atomic mass is 10.1. The predicted molar refractivity (Wildman–Crippen MR) is 68.3 cm³/mol. The van der Waals surface area contributed by atoms with Crippen molar-refractivity contribution in [3.8, 4) is 0 Å². The zero-order chi connectivity index (χ0) is 12.6. The van der Waals surface area contributed by atoms with Gasteiger partial charge in [-0.3, -0.25) is 9.69 Å². The van der Waals surface area contributed by atoms with Crippen LogP contribution in [0.15, 0.2) is 30.3 Å². The van der Waals surface area contributed by atoms with E-state index in [1.54, 1.807) is 7.05 Å². The Labute approximate surface area is 98.5 Å². The molecule has 3 nitrogen and oxygen atoms in total. The van der Waals surface area contributed by atoms with Gasteiger partial charge in [0.1, 0.15) is 6.04 Å². The average molecular weight is 222 g/mol. The standard InChI is InChI=1S/C11H16N2O.C2H6/c1-12-11(14)10(13(2)3)9-7-5-4-6-8-9;1-2/h4-8,10H,1-3H3,(H,12,14);1-2H3. The van der Waals surface area contributed by atoms with Crippen molar-refractivity contribution in [1.82, 2.24) is 10.2 Å². The van der Waals surface area contributed by atoms with Gasteiger partial charge in [0.15, 0.2) is 0 Å². The molecule has 0 aliphatic heterocycles. The third kappa shape index (κ3) is 4.03. The molecule has 16 heavy (non-hydrogen) atoms. The van der Waals surface area contributed by atoms with Gasteiger partial charge in [0, 0.05) is 7.05 Å². The molecule has 1 atom stereocenters. The number of amides is 1. The lowest BCUT2D eigenvalue weighted by Gasteiger charge is -2.22. The van der Waals surface area contributed by atoms with Crippen LogP contribution >= 0.6 is 0 Å². The molecule has 1 N–H and O–H groups in total. The summed E-state index contributed by atoms with van der Waals surface area (Å²) in [7, 11) is 5.45. The van der Waals surface area contributed by atoms with Crippen LogP contribution in [0.4, 0.5) is 0 Å². The first-order valence-electron chi connectivity index (χ1n) is 5.59. The quantitative estimate of drug-likeness (QED) is 0.849. The van der Waals surface area contributed by atoms with Gasteiger partial charge in [-0.2, -0.15) is 0 Å². The summed E-state index contributed by atoms with van der Waals surface area (Å²) in [5.74, 6) is 0.0150. The molecular formula is C13H22N2O. The van der Waals surface area contributed by atoms with Gasteiger partial charge < -0.3 is 5.32 Å². The molecule has 1 aromatic carbocycles. The molecule has 3 heteroatoms. The highest BCUT2D eigenvalue weighted by Crippen LogP contribution is 2.17. The van der Waals surface area contributed by atoms with Crippen LogP contribution in [0.1, 0.15) is 25.5 Å². The van der Waals surface area contributed by atoms with Gasteiger partial charge in [-0.15, -0.1) is 0 Å². The van der Waals surface area contributed by atoms with E-state index in [2.05, 4.69) is 5.32 Å². The first-order chi connectivity index (χ1) is 7.66. The van der Waals surface area contributed by atoms with E-state index < -0.39 is 0 Å². The average Bonchev–Trinajstić information content (AvgIpc) is 2.32. The third-order valence-electron chi connectivity index (χ3n) is 2.13. The van der Waals surface area contributed by atoms with Crippen LogP contribution in [-0.2, 0) is 4.79 Å². The Morgan fingerprint density at radius 2 is 1.69 bits per heavy atom. The van der Waals surface area contributed by atoms with Crippen molar-refractivity contribution >= 4 is 5.91 Å². The van der Waals surface area contributed by atoms with Crippen molar-refractivity contribution in [2.45, 2.75) is 19.9 Å². The van der Waals surface area contributed by atoms with Crippen molar-refractivity contribution in [3.63, 3.8) is 0 Å². The van der Waals surface area contributed by atoms with Gasteiger partial charge in [0.05, 0.1) is 0 Å². The van der Waals surface area contributed by atoms with Gasteiger partial charge in [-0.25, -0.2) is 0 Å². The number of carbonyl (C=O) groups is 1. The minimum atomic E-state index is -0.207. The Kier molecular flexibility index (Phi) is 7.21. The zero-order valence-corrected chi connectivity index (χ0v) is 10.8. The van der Waals surface area contributed by atoms with Crippen LogP contribution in [0.3, 0.4) is 0 Å². The Balaban J connectivity index is 0.00000106. The van der Waals surface area contributed by atoms with E-state index in [0.717, 1.165) is 5.56 Å². The van der Waals surface area contributed by atoms with E-state index in [0.29, 0.717) is 0 Å². The number of nitrogens with zero attached hydrogens (tertiary/aromatic N) is 1. The number of benzene rings is 1. The van der Waals surface area contributed by atoms with Crippen LogP contribution in [0, 0.1) is 0 Å². The Hall–Kier alpha value is -1.35. The lowest BCUT2D eigenvalue weighted by molar-refractivity contribution is -0.125. The highest BCUT2D eigenvalue weighted by atomic mass is 16.2. The molecule has 1 rings (SSSR count). The van der Waals surface area contributed by atoms with Gasteiger partial charge in [0.25, 0.3) is 0 Å². The number of likely N-dealkylation sites (N-methyl/N-ethyl adjacent to an activating group) is 2. The number of hydrogen-bond donors (Lipinski definition) is 1. The minimum Gasteiger partial charge on any atom is -0.358 e. The first kappa shape index (κ1) is 14.6. The molecule has 0 spiro atoms. The summed E-state index contributed by atoms with van der Waals surface area (Å²) in [4.78, 5) is 13.5. The summed E-state index contributed by atoms with van der Waals surface area (Å²) < 4.78 is 0. The molecule has 1 unspecified atom stereocenters. The number of carbonyl (C=O) groups excluding carboxylic acids is 1. The molecule has 0 saturated heterocycles. The normalized spacial score (nSPS) is 11.4. The minimum absolute atomic E-state index is 0.0150. The summed E-state index contributed by atoms with van der Waals surface area (Å²) in [6, 6.07) is 9.53. The van der Waals surface area contributed by atoms with Gasteiger partial charge in [-0.05, 0) is 19.7 Å². The van der Waals surface area contributed by atoms with Crippen molar-refractivity contribution in [2.24, 2.45) is 0 Å². The van der Waals surface area contributed by atoms with E-state index in [1.165, 1.54) is 0 Å². The fourth-order valence-electron chi connectivity index (χ4n) is 1.46. The summed E-state index contributed by atoms with van der Waals surface area (Å²) in [6.45, 7) is 4.00. The summed E-state index contributed by atoms with van der Waals surface area (Å²) in [6.07, 6.45) is 0. The fourth-order valence-corrected chi connectivity index (χ4v) is 1.46. The van der Waals surface area contributed by atoms with Crippen molar-refractivity contribution in [3.05, 3.63) is 35.9 Å². The van der Waals surface area contributed by atoms with E-state index in [9.17, 15) is 4.79 Å². The Bertz CT molecular complexity index is 296. The zero-order valence-electron chi connectivity index (χ0n) is 10.8. The second-order valence-electron chi connectivity index (χ2n) is 3.39. The molecule has 0 fully saturated rings. The topological polar surface area (TPSA) is 32.3 Å². The van der Waals surface area contributed by atoms with Crippen LogP contribution in [0.2, 0.25) is 0 Å². The van der Waals surface area contributed by atoms with Crippen molar-refractivity contribution in [1.29, 1.82) is 0 Å². The molecular weight excluding hydrogens is 200 g/mol. The lowest BCUT2D eigenvalue weighted by Crippen LogP contribution is -2.34. The maximum atomic E-state index is 11.6. The third-order valence-corrected chi connectivity index (χ3v) is 2.13. The van der Waals surface area contributed by atoms with Gasteiger partial charge in [-0.1, -0.05) is 44.2 Å². The SMILES string of the molecule is CC.CNC(=O)C(c1ccccc1)N(C)C. The molecule has 0 radical (unpaired) electrons. The van der Waals surface area contributed by atoms with E-state index in [1.807, 2.05) is 63.2 Å². The fraction of sp³-hybridized carbons (Fsp3) is 0.462. The Morgan fingerprint density at radius 1 is 1.19 bits per heavy atom. The van der Waals surface area contributed by atoms with E-state index >= 15 is 0 Å². The van der Waals surface area contributed by atoms with Gasteiger partial charge in [0.2, 0.25) is 5.91 Å². The highest BCUT2D eigenvalue weighted by Gasteiger charge is 2.20. The monoisotopic (exact) mass is 222 g/mol. The van der Waals surface area contributed by atoms with Crippen molar-refractivity contribution < 1.29 is 4.79 Å². The molecule has 1 amide bonds. The molecule has 1 aromatic rings. The smallest absolute Gasteiger partial charge is 0.241 e.